The van der Waals surface area contributed by atoms with Gasteiger partial charge in [-0.15, -0.1) is 0 Å². The molecular formula is C27H25N3O4. The predicted octanol–water partition coefficient (Wildman–Crippen LogP) is 4.67. The van der Waals surface area contributed by atoms with Crippen LogP contribution in [0.4, 0.5) is 17.1 Å². The average Bonchev–Trinajstić information content (AvgIpc) is 3.05. The number of ether oxygens (including phenoxy) is 1. The van der Waals surface area contributed by atoms with Gasteiger partial charge in [0.25, 0.3) is 11.8 Å². The number of amides is 3. The molecule has 0 atom stereocenters. The summed E-state index contributed by atoms with van der Waals surface area (Å²) in [5, 5.41) is 5.85. The molecule has 0 spiro atoms. The van der Waals surface area contributed by atoms with Crippen molar-refractivity contribution in [1.29, 1.82) is 0 Å². The Morgan fingerprint density at radius 1 is 0.882 bits per heavy atom. The first kappa shape index (κ1) is 22.8. The van der Waals surface area contributed by atoms with Gasteiger partial charge in [-0.25, -0.2) is 4.90 Å². The van der Waals surface area contributed by atoms with E-state index in [1.807, 2.05) is 26.0 Å². The van der Waals surface area contributed by atoms with Crippen molar-refractivity contribution < 1.29 is 19.1 Å². The maximum atomic E-state index is 13.7. The van der Waals surface area contributed by atoms with Crippen LogP contribution in [0.25, 0.3) is 5.57 Å². The largest absolute Gasteiger partial charge is 0.497 e. The zero-order chi connectivity index (χ0) is 24.4. The van der Waals surface area contributed by atoms with Crippen LogP contribution < -0.4 is 20.3 Å². The summed E-state index contributed by atoms with van der Waals surface area (Å²) in [5.41, 5.74) is 4.58. The number of methoxy groups -OCH3 is 1. The monoisotopic (exact) mass is 455 g/mol. The van der Waals surface area contributed by atoms with Crippen molar-refractivity contribution in [2.24, 2.45) is 0 Å². The fourth-order valence-corrected chi connectivity index (χ4v) is 3.88. The molecule has 1 aliphatic heterocycles. The summed E-state index contributed by atoms with van der Waals surface area (Å²) >= 11 is 0. The van der Waals surface area contributed by atoms with Gasteiger partial charge in [-0.3, -0.25) is 14.4 Å². The van der Waals surface area contributed by atoms with Gasteiger partial charge in [0.1, 0.15) is 11.4 Å². The number of benzene rings is 3. The van der Waals surface area contributed by atoms with Crippen molar-refractivity contribution in [2.45, 2.75) is 20.8 Å². The van der Waals surface area contributed by atoms with Gasteiger partial charge in [-0.2, -0.15) is 0 Å². The quantitative estimate of drug-likeness (QED) is 0.528. The van der Waals surface area contributed by atoms with E-state index in [1.165, 1.54) is 11.8 Å². The Labute approximate surface area is 198 Å². The summed E-state index contributed by atoms with van der Waals surface area (Å²) < 4.78 is 5.29. The second-order valence-electron chi connectivity index (χ2n) is 8.03. The molecule has 0 fully saturated rings. The Morgan fingerprint density at radius 2 is 1.59 bits per heavy atom. The standard InChI is InChI=1S/C27H25N3O4/c1-16-7-5-10-23(17(16)2)30-26(32)24(19-11-13-20(14-12-19)28-18(3)31)25(27(30)33)29-21-8-6-9-22(15-21)34-4/h5-15,29H,1-4H3,(H,28,31). The molecule has 0 saturated carbocycles. The third-order valence-corrected chi connectivity index (χ3v) is 5.73. The Balaban J connectivity index is 1.81. The normalized spacial score (nSPS) is 13.4. The number of aryl methyl sites for hydroxylation is 1. The van der Waals surface area contributed by atoms with Crippen LogP contribution in [0.15, 0.2) is 72.4 Å². The molecule has 4 rings (SSSR count). The highest BCUT2D eigenvalue weighted by Gasteiger charge is 2.41. The summed E-state index contributed by atoms with van der Waals surface area (Å²) in [4.78, 5) is 39.9. The third kappa shape index (κ3) is 4.28. The van der Waals surface area contributed by atoms with E-state index >= 15 is 0 Å². The molecular weight excluding hydrogens is 430 g/mol. The molecule has 0 aromatic heterocycles. The van der Waals surface area contributed by atoms with Crippen LogP contribution in [0.1, 0.15) is 23.6 Å². The lowest BCUT2D eigenvalue weighted by molar-refractivity contribution is -0.120. The molecule has 172 valence electrons. The molecule has 2 N–H and O–H groups in total. The topological polar surface area (TPSA) is 87.7 Å². The highest BCUT2D eigenvalue weighted by atomic mass is 16.5. The summed E-state index contributed by atoms with van der Waals surface area (Å²) in [6, 6.07) is 19.5. The Bertz CT molecular complexity index is 1330. The summed E-state index contributed by atoms with van der Waals surface area (Å²) in [5.74, 6) is -0.436. The van der Waals surface area contributed by atoms with E-state index in [-0.39, 0.29) is 17.2 Å². The molecule has 3 amide bonds. The zero-order valence-electron chi connectivity index (χ0n) is 19.4. The molecule has 34 heavy (non-hydrogen) atoms. The Kier molecular flexibility index (Phi) is 6.19. The summed E-state index contributed by atoms with van der Waals surface area (Å²) in [6.07, 6.45) is 0. The number of rotatable bonds is 6. The van der Waals surface area contributed by atoms with Gasteiger partial charge < -0.3 is 15.4 Å². The van der Waals surface area contributed by atoms with Crippen LogP contribution in [0, 0.1) is 13.8 Å². The molecule has 0 bridgehead atoms. The highest BCUT2D eigenvalue weighted by Crippen LogP contribution is 2.36. The highest BCUT2D eigenvalue weighted by molar-refractivity contribution is 6.46. The maximum Gasteiger partial charge on any atom is 0.282 e. The zero-order valence-corrected chi connectivity index (χ0v) is 19.4. The molecule has 3 aromatic carbocycles. The van der Waals surface area contributed by atoms with Crippen LogP contribution in [-0.2, 0) is 14.4 Å². The fraction of sp³-hybridized carbons (Fsp3) is 0.148. The molecule has 1 aliphatic rings. The molecule has 0 radical (unpaired) electrons. The van der Waals surface area contributed by atoms with Crippen LogP contribution in [-0.4, -0.2) is 24.8 Å². The van der Waals surface area contributed by atoms with E-state index in [9.17, 15) is 14.4 Å². The van der Waals surface area contributed by atoms with E-state index in [0.29, 0.717) is 28.4 Å². The van der Waals surface area contributed by atoms with Gasteiger partial charge in [0, 0.05) is 24.4 Å². The van der Waals surface area contributed by atoms with Gasteiger partial charge >= 0.3 is 0 Å². The first-order valence-corrected chi connectivity index (χ1v) is 10.8. The average molecular weight is 456 g/mol. The number of nitrogens with zero attached hydrogens (tertiary/aromatic N) is 1. The first-order valence-electron chi connectivity index (χ1n) is 10.8. The van der Waals surface area contributed by atoms with E-state index < -0.39 is 11.8 Å². The fourth-order valence-electron chi connectivity index (χ4n) is 3.88. The van der Waals surface area contributed by atoms with Gasteiger partial charge in [-0.05, 0) is 60.9 Å². The molecule has 0 unspecified atom stereocenters. The minimum Gasteiger partial charge on any atom is -0.497 e. The minimum absolute atomic E-state index is 0.173. The van der Waals surface area contributed by atoms with Crippen LogP contribution in [0.2, 0.25) is 0 Å². The lowest BCUT2D eigenvalue weighted by Crippen LogP contribution is -2.33. The number of nitrogens with one attached hydrogen (secondary N) is 2. The van der Waals surface area contributed by atoms with Gasteiger partial charge in [0.05, 0.1) is 18.4 Å². The smallest absolute Gasteiger partial charge is 0.282 e. The van der Waals surface area contributed by atoms with Gasteiger partial charge in [0.15, 0.2) is 0 Å². The Hall–Kier alpha value is -4.39. The van der Waals surface area contributed by atoms with Crippen molar-refractivity contribution in [3.8, 4) is 5.75 Å². The number of imide groups is 1. The van der Waals surface area contributed by atoms with Crippen molar-refractivity contribution >= 4 is 40.4 Å². The third-order valence-electron chi connectivity index (χ3n) is 5.73. The van der Waals surface area contributed by atoms with Crippen molar-refractivity contribution in [3.63, 3.8) is 0 Å². The molecule has 7 nitrogen and oxygen atoms in total. The molecule has 0 saturated heterocycles. The van der Waals surface area contributed by atoms with E-state index in [1.54, 1.807) is 61.7 Å². The molecule has 7 heteroatoms. The molecule has 0 aliphatic carbocycles. The maximum absolute atomic E-state index is 13.7. The van der Waals surface area contributed by atoms with Gasteiger partial charge in [-0.1, -0.05) is 30.3 Å². The predicted molar refractivity (Wildman–Crippen MR) is 133 cm³/mol. The van der Waals surface area contributed by atoms with Gasteiger partial charge in [0.2, 0.25) is 5.91 Å². The van der Waals surface area contributed by atoms with Crippen LogP contribution in [0.5, 0.6) is 5.75 Å². The second-order valence-corrected chi connectivity index (χ2v) is 8.03. The first-order chi connectivity index (χ1) is 16.3. The molecule has 3 aromatic rings. The minimum atomic E-state index is -0.442. The second kappa shape index (κ2) is 9.23. The number of carbonyl (C=O) groups is 3. The Morgan fingerprint density at radius 3 is 2.26 bits per heavy atom. The van der Waals surface area contributed by atoms with E-state index in [2.05, 4.69) is 10.6 Å². The van der Waals surface area contributed by atoms with Crippen molar-refractivity contribution in [3.05, 3.63) is 89.1 Å². The van der Waals surface area contributed by atoms with E-state index in [4.69, 9.17) is 4.74 Å². The number of hydrogen-bond acceptors (Lipinski definition) is 5. The number of carbonyl (C=O) groups excluding carboxylic acids is 3. The van der Waals surface area contributed by atoms with Crippen molar-refractivity contribution in [2.75, 3.05) is 22.6 Å². The lowest BCUT2D eigenvalue weighted by atomic mass is 10.0. The number of hydrogen-bond donors (Lipinski definition) is 2. The van der Waals surface area contributed by atoms with Crippen LogP contribution >= 0.6 is 0 Å². The van der Waals surface area contributed by atoms with Crippen LogP contribution in [0.3, 0.4) is 0 Å². The summed E-state index contributed by atoms with van der Waals surface area (Å²) in [7, 11) is 1.56. The van der Waals surface area contributed by atoms with E-state index in [0.717, 1.165) is 11.1 Å². The van der Waals surface area contributed by atoms with Crippen molar-refractivity contribution in [1.82, 2.24) is 0 Å². The lowest BCUT2D eigenvalue weighted by Gasteiger charge is -2.19. The summed E-state index contributed by atoms with van der Waals surface area (Å²) in [6.45, 7) is 5.25. The molecule has 1 heterocycles. The SMILES string of the molecule is COc1cccc(NC2=C(c3ccc(NC(C)=O)cc3)C(=O)N(c3cccc(C)c3C)C2=O)c1. The number of anilines is 3.